The van der Waals surface area contributed by atoms with E-state index in [9.17, 15) is 0 Å². The van der Waals surface area contributed by atoms with Gasteiger partial charge in [0, 0.05) is 12.6 Å². The number of anilines is 1. The van der Waals surface area contributed by atoms with E-state index >= 15 is 0 Å². The molecule has 2 heterocycles. The summed E-state index contributed by atoms with van der Waals surface area (Å²) in [5, 5.41) is 3.94. The van der Waals surface area contributed by atoms with Crippen molar-refractivity contribution < 1.29 is 0 Å². The van der Waals surface area contributed by atoms with Crippen molar-refractivity contribution in [1.82, 2.24) is 14.9 Å². The van der Waals surface area contributed by atoms with Gasteiger partial charge in [-0.1, -0.05) is 18.5 Å². The molecule has 16 heavy (non-hydrogen) atoms. The van der Waals surface area contributed by atoms with Crippen LogP contribution in [-0.2, 0) is 0 Å². The van der Waals surface area contributed by atoms with E-state index in [2.05, 4.69) is 34.2 Å². The zero-order valence-electron chi connectivity index (χ0n) is 9.65. The highest BCUT2D eigenvalue weighted by molar-refractivity contribution is 6.30. The van der Waals surface area contributed by atoms with Crippen LogP contribution in [-0.4, -0.2) is 41.0 Å². The molecule has 1 aliphatic rings. The lowest BCUT2D eigenvalue weighted by atomic mass is 9.94. The predicted octanol–water partition coefficient (Wildman–Crippen LogP) is 1.88. The van der Waals surface area contributed by atoms with Crippen LogP contribution in [0.4, 0.5) is 5.95 Å². The van der Waals surface area contributed by atoms with Crippen molar-refractivity contribution in [3.05, 3.63) is 17.4 Å². The second-order valence-electron chi connectivity index (χ2n) is 4.50. The second kappa shape index (κ2) is 4.97. The summed E-state index contributed by atoms with van der Waals surface area (Å²) in [5.74, 6) is 1.28. The summed E-state index contributed by atoms with van der Waals surface area (Å²) in [5.41, 5.74) is 0. The molecule has 0 aliphatic carbocycles. The Kier molecular flexibility index (Phi) is 3.61. The predicted molar refractivity (Wildman–Crippen MR) is 65.7 cm³/mol. The van der Waals surface area contributed by atoms with Crippen LogP contribution in [0.3, 0.4) is 0 Å². The molecule has 2 unspecified atom stereocenters. The number of nitrogens with zero attached hydrogens (tertiary/aromatic N) is 3. The van der Waals surface area contributed by atoms with Gasteiger partial charge < -0.3 is 10.2 Å². The molecule has 2 rings (SSSR count). The van der Waals surface area contributed by atoms with Gasteiger partial charge in [-0.05, 0) is 25.9 Å². The Morgan fingerprint density at radius 2 is 2.12 bits per heavy atom. The molecule has 1 N–H and O–H groups in total. The Hall–Kier alpha value is -0.870. The summed E-state index contributed by atoms with van der Waals surface area (Å²) in [7, 11) is 2.16. The van der Waals surface area contributed by atoms with Crippen LogP contribution < -0.4 is 5.32 Å². The first-order chi connectivity index (χ1) is 7.65. The fraction of sp³-hybridized carbons (Fsp3) is 0.636. The van der Waals surface area contributed by atoms with Gasteiger partial charge in [0.1, 0.15) is 0 Å². The summed E-state index contributed by atoms with van der Waals surface area (Å²) in [6.45, 7) is 4.49. The topological polar surface area (TPSA) is 41.0 Å². The van der Waals surface area contributed by atoms with Gasteiger partial charge in [-0.15, -0.1) is 0 Å². The Bertz CT molecular complexity index is 340. The number of piperidine rings is 1. The Morgan fingerprint density at radius 3 is 2.75 bits per heavy atom. The lowest BCUT2D eigenvalue weighted by molar-refractivity contribution is 0.206. The lowest BCUT2D eigenvalue weighted by Crippen LogP contribution is -2.43. The first kappa shape index (κ1) is 11.6. The smallest absolute Gasteiger partial charge is 0.222 e. The molecule has 1 aromatic rings. The molecule has 0 spiro atoms. The first-order valence-electron chi connectivity index (χ1n) is 5.58. The number of hydrogen-bond acceptors (Lipinski definition) is 4. The molecule has 0 amide bonds. The van der Waals surface area contributed by atoms with E-state index in [1.807, 2.05) is 0 Å². The van der Waals surface area contributed by atoms with Crippen LogP contribution in [0.2, 0.25) is 5.02 Å². The Balaban J connectivity index is 1.96. The van der Waals surface area contributed by atoms with Crippen LogP contribution in [0.1, 0.15) is 13.3 Å². The van der Waals surface area contributed by atoms with E-state index in [1.165, 1.54) is 0 Å². The molecular formula is C11H17ClN4. The first-order valence-corrected chi connectivity index (χ1v) is 5.95. The molecule has 0 bridgehead atoms. The highest BCUT2D eigenvalue weighted by atomic mass is 35.5. The molecule has 2 atom stereocenters. The summed E-state index contributed by atoms with van der Waals surface area (Å²) < 4.78 is 0. The quantitative estimate of drug-likeness (QED) is 0.857. The van der Waals surface area contributed by atoms with Gasteiger partial charge in [0.25, 0.3) is 0 Å². The lowest BCUT2D eigenvalue weighted by Gasteiger charge is -2.35. The van der Waals surface area contributed by atoms with Crippen LogP contribution in [0, 0.1) is 5.92 Å². The average molecular weight is 241 g/mol. The molecule has 0 aromatic carbocycles. The van der Waals surface area contributed by atoms with E-state index in [0.717, 1.165) is 19.5 Å². The monoisotopic (exact) mass is 240 g/mol. The number of aromatic nitrogens is 2. The normalized spacial score (nSPS) is 26.7. The minimum Gasteiger partial charge on any atom is -0.351 e. The Labute approximate surface area is 101 Å². The summed E-state index contributed by atoms with van der Waals surface area (Å²) >= 11 is 5.74. The number of hydrogen-bond donors (Lipinski definition) is 1. The molecule has 88 valence electrons. The van der Waals surface area contributed by atoms with Gasteiger partial charge in [-0.3, -0.25) is 0 Å². The number of nitrogens with one attached hydrogen (secondary N) is 1. The largest absolute Gasteiger partial charge is 0.351 e. The summed E-state index contributed by atoms with van der Waals surface area (Å²) in [6.07, 6.45) is 4.37. The van der Waals surface area contributed by atoms with Gasteiger partial charge in [-0.2, -0.15) is 0 Å². The molecule has 5 heteroatoms. The highest BCUT2D eigenvalue weighted by Crippen LogP contribution is 2.18. The highest BCUT2D eigenvalue weighted by Gasteiger charge is 2.24. The Morgan fingerprint density at radius 1 is 1.44 bits per heavy atom. The molecule has 0 radical (unpaired) electrons. The third-order valence-corrected chi connectivity index (χ3v) is 3.24. The molecular weight excluding hydrogens is 224 g/mol. The minimum absolute atomic E-state index is 0.456. The van der Waals surface area contributed by atoms with Crippen LogP contribution >= 0.6 is 11.6 Å². The standard InChI is InChI=1S/C11H17ClN4/c1-8-7-16(2)4-3-10(8)15-11-13-5-9(12)6-14-11/h5-6,8,10H,3-4,7H2,1-2H3,(H,13,14,15). The maximum absolute atomic E-state index is 5.74. The van der Waals surface area contributed by atoms with Crippen molar-refractivity contribution in [2.45, 2.75) is 19.4 Å². The van der Waals surface area contributed by atoms with Gasteiger partial charge in [0.2, 0.25) is 5.95 Å². The van der Waals surface area contributed by atoms with Crippen LogP contribution in [0.25, 0.3) is 0 Å². The van der Waals surface area contributed by atoms with Crippen LogP contribution in [0.15, 0.2) is 12.4 Å². The fourth-order valence-electron chi connectivity index (χ4n) is 2.12. The molecule has 0 saturated carbocycles. The van der Waals surface area contributed by atoms with Crippen LogP contribution in [0.5, 0.6) is 0 Å². The van der Waals surface area contributed by atoms with E-state index in [4.69, 9.17) is 11.6 Å². The number of halogens is 1. The molecule has 1 saturated heterocycles. The fourth-order valence-corrected chi connectivity index (χ4v) is 2.22. The van der Waals surface area contributed by atoms with Crippen molar-refractivity contribution >= 4 is 17.5 Å². The van der Waals surface area contributed by atoms with Crippen molar-refractivity contribution in [1.29, 1.82) is 0 Å². The maximum Gasteiger partial charge on any atom is 0.222 e. The van der Waals surface area contributed by atoms with Crippen molar-refractivity contribution in [3.8, 4) is 0 Å². The van der Waals surface area contributed by atoms with Crippen molar-refractivity contribution in [2.24, 2.45) is 5.92 Å². The molecule has 1 aliphatic heterocycles. The average Bonchev–Trinajstić information content (AvgIpc) is 2.25. The van der Waals surface area contributed by atoms with E-state index in [0.29, 0.717) is 22.9 Å². The third kappa shape index (κ3) is 2.83. The summed E-state index contributed by atoms with van der Waals surface area (Å²) in [4.78, 5) is 10.7. The van der Waals surface area contributed by atoms with Crippen molar-refractivity contribution in [2.75, 3.05) is 25.5 Å². The van der Waals surface area contributed by atoms with E-state index in [-0.39, 0.29) is 0 Å². The number of likely N-dealkylation sites (tertiary alicyclic amines) is 1. The zero-order valence-corrected chi connectivity index (χ0v) is 10.4. The van der Waals surface area contributed by atoms with E-state index < -0.39 is 0 Å². The maximum atomic E-state index is 5.74. The van der Waals surface area contributed by atoms with Crippen molar-refractivity contribution in [3.63, 3.8) is 0 Å². The SMILES string of the molecule is CC1CN(C)CCC1Nc1ncc(Cl)cn1. The molecule has 1 fully saturated rings. The van der Waals surface area contributed by atoms with Gasteiger partial charge in [-0.25, -0.2) is 9.97 Å². The minimum atomic E-state index is 0.456. The zero-order chi connectivity index (χ0) is 11.5. The second-order valence-corrected chi connectivity index (χ2v) is 4.94. The van der Waals surface area contributed by atoms with Gasteiger partial charge in [0.15, 0.2) is 0 Å². The number of rotatable bonds is 2. The summed E-state index contributed by atoms with van der Waals surface area (Å²) in [6, 6.07) is 0.456. The molecule has 4 nitrogen and oxygen atoms in total. The third-order valence-electron chi connectivity index (χ3n) is 3.04. The van der Waals surface area contributed by atoms with E-state index in [1.54, 1.807) is 12.4 Å². The molecule has 1 aromatic heterocycles. The van der Waals surface area contributed by atoms with Gasteiger partial charge >= 0.3 is 0 Å². The van der Waals surface area contributed by atoms with Gasteiger partial charge in [0.05, 0.1) is 17.4 Å².